The average Bonchev–Trinajstić information content (AvgIpc) is 2.42. The van der Waals surface area contributed by atoms with Crippen LogP contribution in [-0.4, -0.2) is 12.9 Å². The largest absolute Gasteiger partial charge is 0.494 e. The third kappa shape index (κ3) is 3.22. The number of carbonyl (C=O) groups excluding carboxylic acids is 1. The second kappa shape index (κ2) is 6.00. The van der Waals surface area contributed by atoms with Crippen molar-refractivity contribution in [2.45, 2.75) is 32.6 Å². The molecule has 1 atom stereocenters. The van der Waals surface area contributed by atoms with Crippen LogP contribution in [0.5, 0.6) is 5.75 Å². The number of ether oxygens (including phenoxy) is 1. The van der Waals surface area contributed by atoms with Crippen LogP contribution in [0.2, 0.25) is 0 Å². The van der Waals surface area contributed by atoms with Crippen molar-refractivity contribution in [3.05, 3.63) is 41.2 Å². The first-order valence-corrected chi connectivity index (χ1v) is 6.65. The van der Waals surface area contributed by atoms with Gasteiger partial charge in [-0.25, -0.2) is 4.39 Å². The highest BCUT2D eigenvalue weighted by atomic mass is 19.1. The molecule has 0 aliphatic heterocycles. The molecule has 0 fully saturated rings. The smallest absolute Gasteiger partial charge is 0.168 e. The number of methoxy groups -OCH3 is 1. The summed E-state index contributed by atoms with van der Waals surface area (Å²) in [5, 5.41) is 0. The number of ketones is 1. The Labute approximate surface area is 113 Å². The first kappa shape index (κ1) is 13.8. The van der Waals surface area contributed by atoms with Gasteiger partial charge in [0.15, 0.2) is 17.3 Å². The maximum absolute atomic E-state index is 14.0. The van der Waals surface area contributed by atoms with Crippen molar-refractivity contribution in [1.82, 2.24) is 0 Å². The molecule has 1 aliphatic carbocycles. The molecular formula is C16H19FO2. The van der Waals surface area contributed by atoms with Gasteiger partial charge in [0, 0.05) is 6.42 Å². The van der Waals surface area contributed by atoms with Crippen LogP contribution in [0.3, 0.4) is 0 Å². The second-order valence-corrected chi connectivity index (χ2v) is 5.14. The van der Waals surface area contributed by atoms with E-state index in [4.69, 9.17) is 4.74 Å². The lowest BCUT2D eigenvalue weighted by atomic mass is 9.87. The van der Waals surface area contributed by atoms with E-state index < -0.39 is 5.82 Å². The molecule has 0 spiro atoms. The summed E-state index contributed by atoms with van der Waals surface area (Å²) in [6, 6.07) is 4.91. The van der Waals surface area contributed by atoms with Gasteiger partial charge in [0.05, 0.1) is 7.11 Å². The standard InChI is InChI=1S/C16H19FO2/c1-11-6-8-12(9-7-11)14(18)10-13-4-3-5-15(19-2)16(13)17/h3-5,8,11H,6-7,9-10H2,1-2H3. The van der Waals surface area contributed by atoms with E-state index in [1.165, 1.54) is 7.11 Å². The van der Waals surface area contributed by atoms with E-state index in [0.717, 1.165) is 24.8 Å². The number of Topliss-reactive ketones (excluding diaryl/α,β-unsaturated/α-hetero) is 1. The quantitative estimate of drug-likeness (QED) is 0.827. The van der Waals surface area contributed by atoms with E-state index in [1.54, 1.807) is 18.2 Å². The van der Waals surface area contributed by atoms with Crippen LogP contribution in [0.15, 0.2) is 29.8 Å². The van der Waals surface area contributed by atoms with Gasteiger partial charge in [-0.3, -0.25) is 4.79 Å². The van der Waals surface area contributed by atoms with Crippen LogP contribution in [-0.2, 0) is 11.2 Å². The Hall–Kier alpha value is -1.64. The zero-order chi connectivity index (χ0) is 13.8. The molecule has 0 saturated carbocycles. The fraction of sp³-hybridized carbons (Fsp3) is 0.438. The van der Waals surface area contributed by atoms with Crippen LogP contribution >= 0.6 is 0 Å². The van der Waals surface area contributed by atoms with Gasteiger partial charge < -0.3 is 4.74 Å². The summed E-state index contributed by atoms with van der Waals surface area (Å²) in [6.45, 7) is 2.18. The van der Waals surface area contributed by atoms with Crippen LogP contribution in [0, 0.1) is 11.7 Å². The fourth-order valence-electron chi connectivity index (χ4n) is 2.36. The lowest BCUT2D eigenvalue weighted by molar-refractivity contribution is -0.115. The van der Waals surface area contributed by atoms with Crippen molar-refractivity contribution in [2.75, 3.05) is 7.11 Å². The third-order valence-corrected chi connectivity index (χ3v) is 3.65. The highest BCUT2D eigenvalue weighted by Gasteiger charge is 2.18. The van der Waals surface area contributed by atoms with Crippen molar-refractivity contribution in [3.63, 3.8) is 0 Å². The van der Waals surface area contributed by atoms with E-state index in [-0.39, 0.29) is 18.0 Å². The van der Waals surface area contributed by atoms with Gasteiger partial charge in [-0.2, -0.15) is 0 Å². The summed E-state index contributed by atoms with van der Waals surface area (Å²) in [4.78, 5) is 12.2. The van der Waals surface area contributed by atoms with E-state index in [0.29, 0.717) is 11.5 Å². The number of halogens is 1. The Morgan fingerprint density at radius 3 is 2.89 bits per heavy atom. The van der Waals surface area contributed by atoms with Gasteiger partial charge in [0.1, 0.15) is 0 Å². The van der Waals surface area contributed by atoms with E-state index in [9.17, 15) is 9.18 Å². The predicted octanol–water partition coefficient (Wildman–Crippen LogP) is 3.69. The molecule has 1 unspecified atom stereocenters. The van der Waals surface area contributed by atoms with Gasteiger partial charge in [-0.1, -0.05) is 25.1 Å². The number of carbonyl (C=O) groups is 1. The second-order valence-electron chi connectivity index (χ2n) is 5.14. The molecule has 102 valence electrons. The van der Waals surface area contributed by atoms with E-state index in [2.05, 4.69) is 6.92 Å². The van der Waals surface area contributed by atoms with Gasteiger partial charge >= 0.3 is 0 Å². The van der Waals surface area contributed by atoms with Gasteiger partial charge in [0.2, 0.25) is 0 Å². The minimum Gasteiger partial charge on any atom is -0.494 e. The Bertz CT molecular complexity index is 505. The molecule has 1 aromatic rings. The Morgan fingerprint density at radius 2 is 2.26 bits per heavy atom. The molecule has 0 radical (unpaired) electrons. The first-order chi connectivity index (χ1) is 9.11. The highest BCUT2D eigenvalue weighted by Crippen LogP contribution is 2.26. The minimum atomic E-state index is -0.428. The van der Waals surface area contributed by atoms with Gasteiger partial charge in [0.25, 0.3) is 0 Å². The maximum atomic E-state index is 14.0. The number of benzene rings is 1. The molecule has 0 saturated heterocycles. The van der Waals surface area contributed by atoms with E-state index in [1.807, 2.05) is 6.08 Å². The number of hydrogen-bond donors (Lipinski definition) is 0. The molecule has 1 aliphatic rings. The van der Waals surface area contributed by atoms with Crippen LogP contribution in [0.25, 0.3) is 0 Å². The Morgan fingerprint density at radius 1 is 1.47 bits per heavy atom. The fourth-order valence-corrected chi connectivity index (χ4v) is 2.36. The van der Waals surface area contributed by atoms with Crippen LogP contribution in [0.1, 0.15) is 31.7 Å². The van der Waals surface area contributed by atoms with Crippen molar-refractivity contribution in [1.29, 1.82) is 0 Å². The summed E-state index contributed by atoms with van der Waals surface area (Å²) in [7, 11) is 1.43. The third-order valence-electron chi connectivity index (χ3n) is 3.65. The summed E-state index contributed by atoms with van der Waals surface area (Å²) in [5.41, 5.74) is 1.25. The Kier molecular flexibility index (Phi) is 4.35. The molecule has 2 rings (SSSR count). The molecule has 0 bridgehead atoms. The lowest BCUT2D eigenvalue weighted by Crippen LogP contribution is -2.12. The maximum Gasteiger partial charge on any atom is 0.168 e. The topological polar surface area (TPSA) is 26.3 Å². The zero-order valence-corrected chi connectivity index (χ0v) is 11.4. The first-order valence-electron chi connectivity index (χ1n) is 6.65. The van der Waals surface area contributed by atoms with Crippen molar-refractivity contribution in [3.8, 4) is 5.75 Å². The summed E-state index contributed by atoms with van der Waals surface area (Å²) in [5.74, 6) is 0.434. The molecule has 1 aromatic carbocycles. The average molecular weight is 262 g/mol. The minimum absolute atomic E-state index is 0.0269. The Balaban J connectivity index is 2.11. The summed E-state index contributed by atoms with van der Waals surface area (Å²) >= 11 is 0. The molecule has 19 heavy (non-hydrogen) atoms. The van der Waals surface area contributed by atoms with Crippen LogP contribution < -0.4 is 4.74 Å². The van der Waals surface area contributed by atoms with Crippen molar-refractivity contribution < 1.29 is 13.9 Å². The lowest BCUT2D eigenvalue weighted by Gasteiger charge is -2.17. The van der Waals surface area contributed by atoms with Crippen molar-refractivity contribution in [2.24, 2.45) is 5.92 Å². The van der Waals surface area contributed by atoms with Gasteiger partial charge in [-0.15, -0.1) is 0 Å². The number of allylic oxidation sites excluding steroid dienone is 2. The summed E-state index contributed by atoms with van der Waals surface area (Å²) < 4.78 is 18.9. The molecule has 3 heteroatoms. The summed E-state index contributed by atoms with van der Waals surface area (Å²) in [6.07, 6.45) is 4.92. The SMILES string of the molecule is COc1cccc(CC(=O)C2=CCC(C)CC2)c1F. The molecule has 0 aromatic heterocycles. The molecule has 0 heterocycles. The molecular weight excluding hydrogens is 243 g/mol. The normalized spacial score (nSPS) is 18.9. The van der Waals surface area contributed by atoms with Gasteiger partial charge in [-0.05, 0) is 42.4 Å². The highest BCUT2D eigenvalue weighted by molar-refractivity contribution is 5.96. The monoisotopic (exact) mass is 262 g/mol. The molecule has 0 amide bonds. The van der Waals surface area contributed by atoms with Crippen LogP contribution in [0.4, 0.5) is 4.39 Å². The predicted molar refractivity (Wildman–Crippen MR) is 72.8 cm³/mol. The zero-order valence-electron chi connectivity index (χ0n) is 11.4. The molecule has 0 N–H and O–H groups in total. The molecule has 2 nitrogen and oxygen atoms in total. The van der Waals surface area contributed by atoms with E-state index >= 15 is 0 Å². The number of hydrogen-bond acceptors (Lipinski definition) is 2. The van der Waals surface area contributed by atoms with Crippen molar-refractivity contribution >= 4 is 5.78 Å². The number of rotatable bonds is 4.